The highest BCUT2D eigenvalue weighted by Gasteiger charge is 2.37. The molecule has 2 aliphatic rings. The third-order valence-electron chi connectivity index (χ3n) is 6.82. The fourth-order valence-electron chi connectivity index (χ4n) is 4.97. The van der Waals surface area contributed by atoms with Gasteiger partial charge in [-0.1, -0.05) is 18.2 Å². The molecule has 1 aliphatic carbocycles. The number of fused-ring (bicyclic) bond motifs is 1. The minimum atomic E-state index is -0.286. The molecule has 1 saturated carbocycles. The van der Waals surface area contributed by atoms with E-state index in [1.807, 2.05) is 31.5 Å². The predicted molar refractivity (Wildman–Crippen MR) is 122 cm³/mol. The van der Waals surface area contributed by atoms with Gasteiger partial charge in [0.15, 0.2) is 11.9 Å². The summed E-state index contributed by atoms with van der Waals surface area (Å²) in [6.45, 7) is 3.67. The summed E-state index contributed by atoms with van der Waals surface area (Å²) in [5.74, 6) is 0.155. The summed E-state index contributed by atoms with van der Waals surface area (Å²) in [6.07, 6.45) is 8.27. The van der Waals surface area contributed by atoms with Crippen LogP contribution >= 0.6 is 0 Å². The number of hydrogen-bond donors (Lipinski definition) is 0. The predicted octanol–water partition coefficient (Wildman–Crippen LogP) is 4.10. The molecule has 33 heavy (non-hydrogen) atoms. The molecule has 8 heteroatoms. The Bertz CT molecular complexity index is 1080. The fourth-order valence-corrected chi connectivity index (χ4v) is 4.97. The Morgan fingerprint density at radius 3 is 2.70 bits per heavy atom. The highest BCUT2D eigenvalue weighted by molar-refractivity contribution is 5.89. The third-order valence-corrected chi connectivity index (χ3v) is 6.82. The Balaban J connectivity index is 1.30. The van der Waals surface area contributed by atoms with Gasteiger partial charge in [-0.2, -0.15) is 0 Å². The second-order valence-electron chi connectivity index (χ2n) is 9.02. The maximum atomic E-state index is 12.5. The van der Waals surface area contributed by atoms with Crippen LogP contribution in [-0.2, 0) is 14.2 Å². The molecule has 0 spiro atoms. The number of ether oxygens (including phenoxy) is 3. The molecule has 3 heterocycles. The summed E-state index contributed by atoms with van der Waals surface area (Å²) >= 11 is 0. The van der Waals surface area contributed by atoms with Crippen molar-refractivity contribution in [1.29, 1.82) is 0 Å². The summed E-state index contributed by atoms with van der Waals surface area (Å²) in [5.41, 5.74) is 3.13. The highest BCUT2D eigenvalue weighted by Crippen LogP contribution is 2.41. The molecule has 4 atom stereocenters. The Morgan fingerprint density at radius 1 is 1.09 bits per heavy atom. The first-order valence-electron chi connectivity index (χ1n) is 11.8. The van der Waals surface area contributed by atoms with Gasteiger partial charge in [0, 0.05) is 18.6 Å². The van der Waals surface area contributed by atoms with Crippen molar-refractivity contribution >= 4 is 17.1 Å². The molecule has 1 aliphatic heterocycles. The molecule has 2 aromatic heterocycles. The lowest BCUT2D eigenvalue weighted by atomic mass is 9.98. The van der Waals surface area contributed by atoms with Crippen LogP contribution in [0.4, 0.5) is 0 Å². The molecular formula is C25H30N4O4. The molecule has 0 N–H and O–H groups in total. The van der Waals surface area contributed by atoms with Crippen molar-refractivity contribution in [3.05, 3.63) is 54.2 Å². The van der Waals surface area contributed by atoms with Gasteiger partial charge in [0.25, 0.3) is 0 Å². The maximum Gasteiger partial charge on any atom is 0.338 e. The molecule has 2 fully saturated rings. The lowest BCUT2D eigenvalue weighted by molar-refractivity contribution is -0.171. The smallest absolute Gasteiger partial charge is 0.338 e. The Kier molecular flexibility index (Phi) is 6.64. The van der Waals surface area contributed by atoms with Crippen LogP contribution in [0.15, 0.2) is 43.0 Å². The second kappa shape index (κ2) is 9.97. The normalized spacial score (nSPS) is 25.4. The monoisotopic (exact) mass is 450 g/mol. The van der Waals surface area contributed by atoms with E-state index in [9.17, 15) is 4.79 Å². The largest absolute Gasteiger partial charge is 0.462 e. The first kappa shape index (κ1) is 22.0. The van der Waals surface area contributed by atoms with E-state index in [0.29, 0.717) is 18.8 Å². The summed E-state index contributed by atoms with van der Waals surface area (Å²) in [4.78, 5) is 25.8. The molecule has 8 nitrogen and oxygen atoms in total. The average Bonchev–Trinajstić information content (AvgIpc) is 3.47. The van der Waals surface area contributed by atoms with E-state index in [4.69, 9.17) is 14.2 Å². The van der Waals surface area contributed by atoms with Gasteiger partial charge in [-0.05, 0) is 57.1 Å². The molecule has 174 valence electrons. The summed E-state index contributed by atoms with van der Waals surface area (Å²) in [7, 11) is 0. The van der Waals surface area contributed by atoms with Crippen molar-refractivity contribution in [2.45, 2.75) is 51.4 Å². The topological polar surface area (TPSA) is 88.4 Å². The Labute approximate surface area is 193 Å². The quantitative estimate of drug-likeness (QED) is 0.501. The lowest BCUT2D eigenvalue weighted by Crippen LogP contribution is -2.27. The molecule has 0 amide bonds. The SMILES string of the molecule is Cc1ncnc2c1ncn2[C@H]1C[C@@H](COC2CCCCO2)[C@@H](COC(=O)c2ccccc2)C1. The van der Waals surface area contributed by atoms with Gasteiger partial charge in [0.2, 0.25) is 0 Å². The van der Waals surface area contributed by atoms with Crippen LogP contribution in [0.25, 0.3) is 11.2 Å². The fraction of sp³-hybridized carbons (Fsp3) is 0.520. The van der Waals surface area contributed by atoms with Crippen LogP contribution in [0.1, 0.15) is 54.2 Å². The zero-order valence-corrected chi connectivity index (χ0v) is 18.9. The molecule has 0 radical (unpaired) electrons. The van der Waals surface area contributed by atoms with Crippen LogP contribution in [0.2, 0.25) is 0 Å². The maximum absolute atomic E-state index is 12.5. The molecule has 1 unspecified atom stereocenters. The van der Waals surface area contributed by atoms with Gasteiger partial charge in [0.1, 0.15) is 11.8 Å². The highest BCUT2D eigenvalue weighted by atomic mass is 16.7. The number of hydrogen-bond acceptors (Lipinski definition) is 7. The van der Waals surface area contributed by atoms with Crippen molar-refractivity contribution in [3.8, 4) is 0 Å². The first-order valence-corrected chi connectivity index (χ1v) is 11.8. The Morgan fingerprint density at radius 2 is 1.91 bits per heavy atom. The number of carbonyl (C=O) groups is 1. The molecule has 3 aromatic rings. The number of aryl methyl sites for hydroxylation is 1. The van der Waals surface area contributed by atoms with Crippen LogP contribution in [0, 0.1) is 18.8 Å². The molecule has 1 saturated heterocycles. The molecular weight excluding hydrogens is 420 g/mol. The van der Waals surface area contributed by atoms with E-state index < -0.39 is 0 Å². The van der Waals surface area contributed by atoms with Crippen LogP contribution in [-0.4, -0.2) is 51.6 Å². The Hall–Kier alpha value is -2.84. The molecule has 0 bridgehead atoms. The van der Waals surface area contributed by atoms with Gasteiger partial charge in [-0.25, -0.2) is 19.7 Å². The van der Waals surface area contributed by atoms with Crippen molar-refractivity contribution < 1.29 is 19.0 Å². The van der Waals surface area contributed by atoms with Gasteiger partial charge in [0.05, 0.1) is 30.8 Å². The third kappa shape index (κ3) is 4.91. The summed E-state index contributed by atoms with van der Waals surface area (Å²) < 4.78 is 19.8. The number of imidazole rings is 1. The lowest BCUT2D eigenvalue weighted by Gasteiger charge is -2.26. The van der Waals surface area contributed by atoms with Gasteiger partial charge >= 0.3 is 5.97 Å². The number of benzene rings is 1. The van der Waals surface area contributed by atoms with Crippen molar-refractivity contribution in [3.63, 3.8) is 0 Å². The average molecular weight is 451 g/mol. The standard InChI is InChI=1S/C25H30N4O4/c1-17-23-24(27-15-26-17)29(16-28-23)21-11-19(13-32-22-9-5-6-10-31-22)20(12-21)14-33-25(30)18-7-3-2-4-8-18/h2-4,7-8,15-16,19-22H,5-6,9-14H2,1H3/t19-,20+,21-,22?/m0/s1. The minimum absolute atomic E-state index is 0.130. The molecule has 1 aromatic carbocycles. The second-order valence-corrected chi connectivity index (χ2v) is 9.02. The van der Waals surface area contributed by atoms with Gasteiger partial charge < -0.3 is 18.8 Å². The number of esters is 1. The molecule has 5 rings (SSSR count). The van der Waals surface area contributed by atoms with E-state index in [1.165, 1.54) is 0 Å². The van der Waals surface area contributed by atoms with Gasteiger partial charge in [-0.15, -0.1) is 0 Å². The number of rotatable bonds is 7. The van der Waals surface area contributed by atoms with E-state index >= 15 is 0 Å². The first-order chi connectivity index (χ1) is 16.2. The van der Waals surface area contributed by atoms with Gasteiger partial charge in [-0.3, -0.25) is 0 Å². The van der Waals surface area contributed by atoms with E-state index in [2.05, 4.69) is 19.5 Å². The zero-order chi connectivity index (χ0) is 22.6. The van der Waals surface area contributed by atoms with Crippen molar-refractivity contribution in [2.24, 2.45) is 11.8 Å². The van der Waals surface area contributed by atoms with Crippen LogP contribution in [0.3, 0.4) is 0 Å². The van der Waals surface area contributed by atoms with E-state index in [1.54, 1.807) is 18.5 Å². The van der Waals surface area contributed by atoms with Crippen LogP contribution in [0.5, 0.6) is 0 Å². The summed E-state index contributed by atoms with van der Waals surface area (Å²) in [5, 5.41) is 0. The minimum Gasteiger partial charge on any atom is -0.462 e. The zero-order valence-electron chi connectivity index (χ0n) is 18.9. The number of nitrogens with zero attached hydrogens (tertiary/aromatic N) is 4. The number of aromatic nitrogens is 4. The van der Waals surface area contributed by atoms with E-state index in [0.717, 1.165) is 55.6 Å². The van der Waals surface area contributed by atoms with Crippen molar-refractivity contribution in [1.82, 2.24) is 19.5 Å². The van der Waals surface area contributed by atoms with Crippen LogP contribution < -0.4 is 0 Å². The summed E-state index contributed by atoms with van der Waals surface area (Å²) in [6, 6.07) is 9.35. The van der Waals surface area contributed by atoms with E-state index in [-0.39, 0.29) is 30.1 Å². The number of carbonyl (C=O) groups excluding carboxylic acids is 1. The van der Waals surface area contributed by atoms with Crippen molar-refractivity contribution in [2.75, 3.05) is 19.8 Å².